The summed E-state index contributed by atoms with van der Waals surface area (Å²) < 4.78 is 0. The summed E-state index contributed by atoms with van der Waals surface area (Å²) in [6.07, 6.45) is 0.789. The van der Waals surface area contributed by atoms with Crippen molar-refractivity contribution in [3.05, 3.63) is 64.2 Å². The predicted molar refractivity (Wildman–Crippen MR) is 95.1 cm³/mol. The first-order valence-corrected chi connectivity index (χ1v) is 8.18. The summed E-state index contributed by atoms with van der Waals surface area (Å²) in [5.41, 5.74) is 9.60. The summed E-state index contributed by atoms with van der Waals surface area (Å²) in [4.78, 5) is 0. The summed E-state index contributed by atoms with van der Waals surface area (Å²) >= 11 is 0. The van der Waals surface area contributed by atoms with Gasteiger partial charge in [0.1, 0.15) is 5.75 Å². The van der Waals surface area contributed by atoms with Gasteiger partial charge in [0.25, 0.3) is 0 Å². The van der Waals surface area contributed by atoms with Gasteiger partial charge in [-0.3, -0.25) is 0 Å². The summed E-state index contributed by atoms with van der Waals surface area (Å²) in [7, 11) is 0. The van der Waals surface area contributed by atoms with Gasteiger partial charge in [0.2, 0.25) is 0 Å². The number of hydrogen-bond donors (Lipinski definition) is 2. The molecular formula is C20H24N2O. The molecule has 1 aliphatic rings. The second kappa shape index (κ2) is 6.07. The highest BCUT2D eigenvalue weighted by molar-refractivity contribution is 6.04. The zero-order chi connectivity index (χ0) is 16.6. The van der Waals surface area contributed by atoms with Crippen LogP contribution in [-0.4, -0.2) is 10.8 Å². The fourth-order valence-electron chi connectivity index (χ4n) is 3.10. The molecule has 2 aromatic rings. The quantitative estimate of drug-likeness (QED) is 0.872. The standard InChI is InChI=1S/C20H24N2O/c1-12(2)15-5-7-16(8-6-15)18-11-19(22-21-18)17-10-13(3)9-14(4)20(17)23/h5-10,12,18,21,23H,11H2,1-4H3/t18-/m1/s1. The van der Waals surface area contributed by atoms with Gasteiger partial charge in [-0.1, -0.05) is 44.2 Å². The molecule has 2 aromatic carbocycles. The minimum atomic E-state index is 0.173. The maximum atomic E-state index is 10.3. The van der Waals surface area contributed by atoms with E-state index in [1.54, 1.807) is 0 Å². The van der Waals surface area contributed by atoms with Crippen molar-refractivity contribution in [3.8, 4) is 5.75 Å². The molecule has 0 radical (unpaired) electrons. The van der Waals surface area contributed by atoms with E-state index in [1.807, 2.05) is 26.0 Å². The molecule has 2 N–H and O–H groups in total. The largest absolute Gasteiger partial charge is 0.507 e. The molecule has 1 atom stereocenters. The molecule has 3 heteroatoms. The number of phenolic OH excluding ortho intramolecular Hbond substituents is 1. The third-order valence-corrected chi connectivity index (χ3v) is 4.51. The minimum Gasteiger partial charge on any atom is -0.507 e. The second-order valence-electron chi connectivity index (χ2n) is 6.74. The van der Waals surface area contributed by atoms with Crippen LogP contribution in [0.25, 0.3) is 0 Å². The highest BCUT2D eigenvalue weighted by Crippen LogP contribution is 2.31. The lowest BCUT2D eigenvalue weighted by Crippen LogP contribution is -2.10. The Morgan fingerprint density at radius 3 is 2.48 bits per heavy atom. The first kappa shape index (κ1) is 15.6. The van der Waals surface area contributed by atoms with Crippen LogP contribution in [0.4, 0.5) is 0 Å². The monoisotopic (exact) mass is 308 g/mol. The minimum absolute atomic E-state index is 0.173. The number of rotatable bonds is 3. The molecule has 0 saturated carbocycles. The molecule has 120 valence electrons. The van der Waals surface area contributed by atoms with E-state index in [0.29, 0.717) is 11.7 Å². The van der Waals surface area contributed by atoms with Gasteiger partial charge in [-0.05, 0) is 48.1 Å². The second-order valence-corrected chi connectivity index (χ2v) is 6.74. The molecule has 0 fully saturated rings. The Morgan fingerprint density at radius 2 is 1.83 bits per heavy atom. The van der Waals surface area contributed by atoms with Gasteiger partial charge in [0.05, 0.1) is 11.8 Å². The Bertz CT molecular complexity index is 745. The van der Waals surface area contributed by atoms with Crippen molar-refractivity contribution < 1.29 is 5.11 Å². The first-order valence-electron chi connectivity index (χ1n) is 8.18. The van der Waals surface area contributed by atoms with Gasteiger partial charge >= 0.3 is 0 Å². The van der Waals surface area contributed by atoms with Crippen molar-refractivity contribution in [2.75, 3.05) is 0 Å². The van der Waals surface area contributed by atoms with Crippen LogP contribution in [-0.2, 0) is 0 Å². The van der Waals surface area contributed by atoms with Crippen molar-refractivity contribution in [1.82, 2.24) is 5.43 Å². The fourth-order valence-corrected chi connectivity index (χ4v) is 3.10. The molecule has 0 saturated heterocycles. The molecule has 3 rings (SSSR count). The molecule has 0 spiro atoms. The summed E-state index contributed by atoms with van der Waals surface area (Å²) in [5, 5.41) is 14.8. The highest BCUT2D eigenvalue weighted by Gasteiger charge is 2.23. The lowest BCUT2D eigenvalue weighted by molar-refractivity contribution is 0.469. The SMILES string of the molecule is Cc1cc(C)c(O)c(C2=NN[C@@H](c3ccc(C(C)C)cc3)C2)c1. The van der Waals surface area contributed by atoms with Gasteiger partial charge in [-0.15, -0.1) is 0 Å². The molecule has 0 bridgehead atoms. The summed E-state index contributed by atoms with van der Waals surface area (Å²) in [5.74, 6) is 0.881. The smallest absolute Gasteiger partial charge is 0.127 e. The molecule has 23 heavy (non-hydrogen) atoms. The number of phenols is 1. The molecule has 0 unspecified atom stereocenters. The number of nitrogens with one attached hydrogen (secondary N) is 1. The Morgan fingerprint density at radius 1 is 1.13 bits per heavy atom. The van der Waals surface area contributed by atoms with Crippen molar-refractivity contribution >= 4 is 5.71 Å². The van der Waals surface area contributed by atoms with E-state index in [4.69, 9.17) is 0 Å². The van der Waals surface area contributed by atoms with E-state index in [0.717, 1.165) is 28.8 Å². The van der Waals surface area contributed by atoms with Gasteiger partial charge in [0.15, 0.2) is 0 Å². The molecule has 1 heterocycles. The van der Waals surface area contributed by atoms with Crippen LogP contribution in [0, 0.1) is 13.8 Å². The van der Waals surface area contributed by atoms with Gasteiger partial charge < -0.3 is 10.5 Å². The average molecular weight is 308 g/mol. The number of benzene rings is 2. The van der Waals surface area contributed by atoms with Gasteiger partial charge in [0, 0.05) is 12.0 Å². The zero-order valence-corrected chi connectivity index (χ0v) is 14.2. The predicted octanol–water partition coefficient (Wildman–Crippen LogP) is 4.57. The van der Waals surface area contributed by atoms with Gasteiger partial charge in [-0.25, -0.2) is 0 Å². The molecule has 0 aliphatic carbocycles. The lowest BCUT2D eigenvalue weighted by atomic mass is 9.94. The van der Waals surface area contributed by atoms with Crippen molar-refractivity contribution in [3.63, 3.8) is 0 Å². The van der Waals surface area contributed by atoms with E-state index in [9.17, 15) is 5.11 Å². The number of hydrazone groups is 1. The molecule has 0 amide bonds. The maximum absolute atomic E-state index is 10.3. The Hall–Kier alpha value is -2.29. The normalized spacial score (nSPS) is 17.3. The van der Waals surface area contributed by atoms with Crippen molar-refractivity contribution in [2.45, 2.75) is 46.1 Å². The number of hydrogen-bond acceptors (Lipinski definition) is 3. The van der Waals surface area contributed by atoms with E-state index in [1.165, 1.54) is 11.1 Å². The lowest BCUT2D eigenvalue weighted by Gasteiger charge is -2.13. The summed E-state index contributed by atoms with van der Waals surface area (Å²) in [6.45, 7) is 8.37. The zero-order valence-electron chi connectivity index (χ0n) is 14.2. The van der Waals surface area contributed by atoms with E-state index >= 15 is 0 Å². The molecule has 3 nitrogen and oxygen atoms in total. The highest BCUT2D eigenvalue weighted by atomic mass is 16.3. The van der Waals surface area contributed by atoms with Crippen LogP contribution in [0.3, 0.4) is 0 Å². The third-order valence-electron chi connectivity index (χ3n) is 4.51. The number of nitrogens with zero attached hydrogens (tertiary/aromatic N) is 1. The van der Waals surface area contributed by atoms with Crippen LogP contribution < -0.4 is 5.43 Å². The van der Waals surface area contributed by atoms with E-state index in [-0.39, 0.29) is 6.04 Å². The number of aromatic hydroxyl groups is 1. The van der Waals surface area contributed by atoms with Crippen LogP contribution in [0.15, 0.2) is 41.5 Å². The van der Waals surface area contributed by atoms with E-state index < -0.39 is 0 Å². The average Bonchev–Trinajstić information content (AvgIpc) is 3.00. The molecular weight excluding hydrogens is 284 g/mol. The molecule has 1 aliphatic heterocycles. The fraction of sp³-hybridized carbons (Fsp3) is 0.350. The topological polar surface area (TPSA) is 44.6 Å². The maximum Gasteiger partial charge on any atom is 0.127 e. The Kier molecular flexibility index (Phi) is 4.12. The van der Waals surface area contributed by atoms with Crippen LogP contribution >= 0.6 is 0 Å². The third kappa shape index (κ3) is 3.09. The molecule has 0 aromatic heterocycles. The summed E-state index contributed by atoms with van der Waals surface area (Å²) in [6, 6.07) is 12.9. The Labute approximate surface area is 138 Å². The number of aryl methyl sites for hydroxylation is 2. The van der Waals surface area contributed by atoms with Gasteiger partial charge in [-0.2, -0.15) is 5.10 Å². The van der Waals surface area contributed by atoms with Crippen molar-refractivity contribution in [2.24, 2.45) is 5.10 Å². The van der Waals surface area contributed by atoms with Crippen LogP contribution in [0.1, 0.15) is 60.0 Å². The van der Waals surface area contributed by atoms with E-state index in [2.05, 4.69) is 48.6 Å². The first-order chi connectivity index (χ1) is 11.0. The van der Waals surface area contributed by atoms with Crippen molar-refractivity contribution in [1.29, 1.82) is 0 Å². The van der Waals surface area contributed by atoms with Crippen LogP contribution in [0.5, 0.6) is 5.75 Å². The Balaban J connectivity index is 1.80. The van der Waals surface area contributed by atoms with Crippen LogP contribution in [0.2, 0.25) is 0 Å².